The fraction of sp³-hybridized carbons (Fsp3) is 0.619. The third-order valence-corrected chi connectivity index (χ3v) is 6.01. The number of para-hydroxylation sites is 1. The molecular weight excluding hydrogens is 354 g/mol. The Labute approximate surface area is 167 Å². The Hall–Kier alpha value is -2.12. The number of piperazine rings is 1. The lowest BCUT2D eigenvalue weighted by molar-refractivity contribution is -0.117. The number of benzene rings is 1. The number of rotatable bonds is 4. The van der Waals surface area contributed by atoms with Gasteiger partial charge in [0.25, 0.3) is 0 Å². The monoisotopic (exact) mass is 385 g/mol. The maximum atomic E-state index is 12.7. The van der Waals surface area contributed by atoms with E-state index in [1.54, 1.807) is 7.05 Å². The van der Waals surface area contributed by atoms with E-state index in [2.05, 4.69) is 26.2 Å². The minimum absolute atomic E-state index is 0.103. The molecule has 0 spiro atoms. The molecule has 2 fully saturated rings. The molecule has 3 aliphatic heterocycles. The first-order valence-corrected chi connectivity index (χ1v) is 10.4. The van der Waals surface area contributed by atoms with Gasteiger partial charge in [-0.25, -0.2) is 0 Å². The summed E-state index contributed by atoms with van der Waals surface area (Å²) < 4.78 is 5.49. The van der Waals surface area contributed by atoms with Crippen molar-refractivity contribution in [1.29, 1.82) is 0 Å². The number of ether oxygens (including phenoxy) is 1. The predicted molar refractivity (Wildman–Crippen MR) is 111 cm³/mol. The molecule has 0 radical (unpaired) electrons. The molecule has 2 saturated heterocycles. The Morgan fingerprint density at radius 1 is 1.21 bits per heavy atom. The van der Waals surface area contributed by atoms with Gasteiger partial charge in [0.1, 0.15) is 0 Å². The Bertz CT molecular complexity index is 709. The van der Waals surface area contributed by atoms with Gasteiger partial charge in [0, 0.05) is 58.6 Å². The SMILES string of the molecule is CN=C(NCC(=O)N1CCc2ccccc21)N1CCN(CC2CCOC2)CC1. The van der Waals surface area contributed by atoms with Crippen LogP contribution in [-0.2, 0) is 16.0 Å². The lowest BCUT2D eigenvalue weighted by Crippen LogP contribution is -2.54. The molecule has 1 aromatic carbocycles. The molecule has 3 aliphatic rings. The first kappa shape index (κ1) is 19.2. The second-order valence-electron chi connectivity index (χ2n) is 7.84. The van der Waals surface area contributed by atoms with E-state index in [-0.39, 0.29) is 12.5 Å². The average Bonchev–Trinajstić information content (AvgIpc) is 3.39. The van der Waals surface area contributed by atoms with Crippen LogP contribution in [0.3, 0.4) is 0 Å². The number of nitrogens with one attached hydrogen (secondary N) is 1. The van der Waals surface area contributed by atoms with Gasteiger partial charge >= 0.3 is 0 Å². The highest BCUT2D eigenvalue weighted by molar-refractivity contribution is 5.98. The Morgan fingerprint density at radius 3 is 2.79 bits per heavy atom. The lowest BCUT2D eigenvalue weighted by Gasteiger charge is -2.37. The van der Waals surface area contributed by atoms with E-state index in [0.29, 0.717) is 5.92 Å². The van der Waals surface area contributed by atoms with Gasteiger partial charge < -0.3 is 19.9 Å². The molecule has 0 aromatic heterocycles. The van der Waals surface area contributed by atoms with Crippen molar-refractivity contribution < 1.29 is 9.53 Å². The van der Waals surface area contributed by atoms with Crippen molar-refractivity contribution in [3.05, 3.63) is 29.8 Å². The number of amides is 1. The molecule has 1 amide bonds. The van der Waals surface area contributed by atoms with E-state index < -0.39 is 0 Å². The number of fused-ring (bicyclic) bond motifs is 1. The highest BCUT2D eigenvalue weighted by Crippen LogP contribution is 2.27. The largest absolute Gasteiger partial charge is 0.381 e. The summed E-state index contributed by atoms with van der Waals surface area (Å²) in [6.07, 6.45) is 2.12. The highest BCUT2D eigenvalue weighted by atomic mass is 16.5. The van der Waals surface area contributed by atoms with Crippen LogP contribution in [0.4, 0.5) is 5.69 Å². The summed E-state index contributed by atoms with van der Waals surface area (Å²) in [6.45, 7) is 7.94. The van der Waals surface area contributed by atoms with Crippen LogP contribution < -0.4 is 10.2 Å². The maximum Gasteiger partial charge on any atom is 0.246 e. The molecule has 0 bridgehead atoms. The summed E-state index contributed by atoms with van der Waals surface area (Å²) in [5.41, 5.74) is 2.30. The molecule has 1 unspecified atom stereocenters. The van der Waals surface area contributed by atoms with Gasteiger partial charge in [-0.1, -0.05) is 18.2 Å². The zero-order valence-corrected chi connectivity index (χ0v) is 16.8. The van der Waals surface area contributed by atoms with Crippen LogP contribution in [-0.4, -0.2) is 87.7 Å². The second-order valence-corrected chi connectivity index (χ2v) is 7.84. The predicted octanol–water partition coefficient (Wildman–Crippen LogP) is 0.805. The molecule has 4 rings (SSSR count). The zero-order chi connectivity index (χ0) is 19.3. The maximum absolute atomic E-state index is 12.7. The van der Waals surface area contributed by atoms with Crippen LogP contribution in [0.5, 0.6) is 0 Å². The number of hydrogen-bond donors (Lipinski definition) is 1. The summed E-state index contributed by atoms with van der Waals surface area (Å²) in [7, 11) is 1.79. The van der Waals surface area contributed by atoms with Crippen molar-refractivity contribution in [2.75, 3.05) is 71.0 Å². The summed E-state index contributed by atoms with van der Waals surface area (Å²) >= 11 is 0. The Balaban J connectivity index is 1.25. The van der Waals surface area contributed by atoms with Crippen molar-refractivity contribution in [3.63, 3.8) is 0 Å². The minimum Gasteiger partial charge on any atom is -0.381 e. The van der Waals surface area contributed by atoms with Gasteiger partial charge in [0.15, 0.2) is 5.96 Å². The first-order chi connectivity index (χ1) is 13.7. The summed E-state index contributed by atoms with van der Waals surface area (Å²) in [5.74, 6) is 1.61. The molecule has 7 nitrogen and oxygen atoms in total. The average molecular weight is 386 g/mol. The number of carbonyl (C=O) groups is 1. The van der Waals surface area contributed by atoms with E-state index in [0.717, 1.165) is 70.6 Å². The molecule has 0 saturated carbocycles. The van der Waals surface area contributed by atoms with Gasteiger partial charge in [-0.15, -0.1) is 0 Å². The summed E-state index contributed by atoms with van der Waals surface area (Å²) in [5, 5.41) is 3.28. The number of nitrogens with zero attached hydrogens (tertiary/aromatic N) is 4. The number of hydrogen-bond acceptors (Lipinski definition) is 4. The number of anilines is 1. The summed E-state index contributed by atoms with van der Waals surface area (Å²) in [6, 6.07) is 8.16. The molecule has 0 aliphatic carbocycles. The quantitative estimate of drug-likeness (QED) is 0.614. The number of aliphatic imine (C=N–C) groups is 1. The first-order valence-electron chi connectivity index (χ1n) is 10.4. The van der Waals surface area contributed by atoms with E-state index in [4.69, 9.17) is 4.74 Å². The van der Waals surface area contributed by atoms with Crippen LogP contribution in [0.2, 0.25) is 0 Å². The third-order valence-electron chi connectivity index (χ3n) is 6.01. The molecule has 152 valence electrons. The van der Waals surface area contributed by atoms with Gasteiger partial charge in [-0.05, 0) is 30.4 Å². The summed E-state index contributed by atoms with van der Waals surface area (Å²) in [4.78, 5) is 23.8. The zero-order valence-electron chi connectivity index (χ0n) is 16.8. The lowest BCUT2D eigenvalue weighted by atomic mass is 10.1. The minimum atomic E-state index is 0.103. The van der Waals surface area contributed by atoms with Gasteiger partial charge in [-0.2, -0.15) is 0 Å². The van der Waals surface area contributed by atoms with Crippen molar-refractivity contribution in [3.8, 4) is 0 Å². The smallest absolute Gasteiger partial charge is 0.246 e. The van der Waals surface area contributed by atoms with Crippen molar-refractivity contribution in [1.82, 2.24) is 15.1 Å². The fourth-order valence-electron chi connectivity index (χ4n) is 4.41. The van der Waals surface area contributed by atoms with Gasteiger partial charge in [-0.3, -0.25) is 14.7 Å². The van der Waals surface area contributed by atoms with Crippen molar-refractivity contribution in [2.45, 2.75) is 12.8 Å². The molecule has 7 heteroatoms. The molecule has 1 aromatic rings. The standard InChI is InChI=1S/C21H31N5O2/c1-22-21(25-11-9-24(10-12-25)15-17-7-13-28-16-17)23-14-20(27)26-8-6-18-4-2-3-5-19(18)26/h2-5,17H,6-16H2,1H3,(H,22,23). The molecular formula is C21H31N5O2. The van der Waals surface area contributed by atoms with Gasteiger partial charge in [0.05, 0.1) is 13.2 Å². The second kappa shape index (κ2) is 8.92. The molecule has 1 N–H and O–H groups in total. The number of guanidine groups is 1. The Kier molecular flexibility index (Phi) is 6.12. The number of carbonyl (C=O) groups excluding carboxylic acids is 1. The Morgan fingerprint density at radius 2 is 2.04 bits per heavy atom. The topological polar surface area (TPSA) is 60.4 Å². The van der Waals surface area contributed by atoms with Crippen LogP contribution >= 0.6 is 0 Å². The van der Waals surface area contributed by atoms with Crippen LogP contribution in [0.1, 0.15) is 12.0 Å². The van der Waals surface area contributed by atoms with Crippen LogP contribution in [0.15, 0.2) is 29.3 Å². The fourth-order valence-corrected chi connectivity index (χ4v) is 4.41. The van der Waals surface area contributed by atoms with E-state index in [1.807, 2.05) is 23.1 Å². The van der Waals surface area contributed by atoms with Crippen molar-refractivity contribution in [2.24, 2.45) is 10.9 Å². The molecule has 3 heterocycles. The van der Waals surface area contributed by atoms with Crippen molar-refractivity contribution >= 4 is 17.6 Å². The molecule has 1 atom stereocenters. The van der Waals surface area contributed by atoms with Crippen LogP contribution in [0.25, 0.3) is 0 Å². The molecule has 28 heavy (non-hydrogen) atoms. The highest BCUT2D eigenvalue weighted by Gasteiger charge is 2.26. The van der Waals surface area contributed by atoms with E-state index in [9.17, 15) is 4.79 Å². The normalized spacial score (nSPS) is 23.2. The third kappa shape index (κ3) is 4.31. The van der Waals surface area contributed by atoms with Gasteiger partial charge in [0.2, 0.25) is 5.91 Å². The van der Waals surface area contributed by atoms with Crippen LogP contribution in [0, 0.1) is 5.92 Å². The van der Waals surface area contributed by atoms with E-state index in [1.165, 1.54) is 12.0 Å². The van der Waals surface area contributed by atoms with E-state index >= 15 is 0 Å².